The fraction of sp³-hybridized carbons (Fsp3) is 0.211. The van der Waals surface area contributed by atoms with E-state index in [4.69, 9.17) is 9.47 Å². The molecular formula is C19H15NO3S2. The van der Waals surface area contributed by atoms with Crippen molar-refractivity contribution < 1.29 is 14.3 Å². The maximum Gasteiger partial charge on any atom is 0.254 e. The fourth-order valence-electron chi connectivity index (χ4n) is 3.48. The van der Waals surface area contributed by atoms with E-state index in [0.29, 0.717) is 17.1 Å². The van der Waals surface area contributed by atoms with Gasteiger partial charge in [0.25, 0.3) is 5.91 Å². The fourth-order valence-corrected chi connectivity index (χ4v) is 5.24. The number of hydrogen-bond acceptors (Lipinski definition) is 5. The van der Waals surface area contributed by atoms with Crippen molar-refractivity contribution >= 4 is 28.6 Å². The van der Waals surface area contributed by atoms with E-state index >= 15 is 0 Å². The molecule has 4 nitrogen and oxygen atoms in total. The number of carbonyl (C=O) groups excluding carboxylic acids is 1. The molecule has 25 heavy (non-hydrogen) atoms. The van der Waals surface area contributed by atoms with Crippen LogP contribution in [0.25, 0.3) is 0 Å². The first kappa shape index (κ1) is 15.0. The average Bonchev–Trinajstić information content (AvgIpc) is 3.40. The van der Waals surface area contributed by atoms with Crippen molar-refractivity contribution in [2.45, 2.75) is 12.5 Å². The second kappa shape index (κ2) is 5.89. The third-order valence-corrected chi connectivity index (χ3v) is 6.58. The van der Waals surface area contributed by atoms with Crippen LogP contribution in [0.2, 0.25) is 0 Å². The van der Waals surface area contributed by atoms with Gasteiger partial charge in [0, 0.05) is 21.9 Å². The monoisotopic (exact) mass is 369 g/mol. The first-order valence-electron chi connectivity index (χ1n) is 8.11. The molecule has 4 heterocycles. The van der Waals surface area contributed by atoms with E-state index in [9.17, 15) is 4.79 Å². The molecule has 6 heteroatoms. The van der Waals surface area contributed by atoms with Gasteiger partial charge in [-0.15, -0.1) is 22.7 Å². The summed E-state index contributed by atoms with van der Waals surface area (Å²) in [6.07, 6.45) is 0.908. The lowest BCUT2D eigenvalue weighted by molar-refractivity contribution is 0.0698. The van der Waals surface area contributed by atoms with Gasteiger partial charge < -0.3 is 14.4 Å². The Hall–Kier alpha value is -2.31. The van der Waals surface area contributed by atoms with Gasteiger partial charge in [-0.3, -0.25) is 4.79 Å². The predicted molar refractivity (Wildman–Crippen MR) is 97.8 cm³/mol. The number of ether oxygens (including phenoxy) is 2. The number of thiophene rings is 2. The molecule has 0 N–H and O–H groups in total. The van der Waals surface area contributed by atoms with Crippen LogP contribution in [0, 0.1) is 0 Å². The van der Waals surface area contributed by atoms with E-state index in [1.165, 1.54) is 15.3 Å². The van der Waals surface area contributed by atoms with Gasteiger partial charge in [-0.25, -0.2) is 0 Å². The maximum absolute atomic E-state index is 13.3. The zero-order valence-corrected chi connectivity index (χ0v) is 14.9. The van der Waals surface area contributed by atoms with Crippen LogP contribution in [0.15, 0.2) is 47.2 Å². The Morgan fingerprint density at radius 2 is 2.00 bits per heavy atom. The zero-order valence-electron chi connectivity index (χ0n) is 13.3. The van der Waals surface area contributed by atoms with E-state index in [2.05, 4.69) is 22.9 Å². The molecule has 2 aliphatic rings. The standard InChI is InChI=1S/C19H15NO3S2/c21-19(12-3-4-14-15(10-12)23-11-22-14)20-7-5-16-13(6-9-25-16)18(20)17-2-1-8-24-17/h1-4,6,8-10,18H,5,7,11H2/t18-/m0/s1. The van der Waals surface area contributed by atoms with Gasteiger partial charge in [-0.1, -0.05) is 6.07 Å². The van der Waals surface area contributed by atoms with Crippen molar-refractivity contribution in [1.29, 1.82) is 0 Å². The highest BCUT2D eigenvalue weighted by atomic mass is 32.1. The summed E-state index contributed by atoms with van der Waals surface area (Å²) in [7, 11) is 0. The summed E-state index contributed by atoms with van der Waals surface area (Å²) in [6.45, 7) is 0.941. The van der Waals surface area contributed by atoms with Gasteiger partial charge in [0.15, 0.2) is 11.5 Å². The van der Waals surface area contributed by atoms with Crippen molar-refractivity contribution in [2.75, 3.05) is 13.3 Å². The molecule has 5 rings (SSSR count). The SMILES string of the molecule is O=C(c1ccc2c(c1)OCO2)N1CCc2sccc2[C@H]1c1cccs1. The molecule has 0 bridgehead atoms. The van der Waals surface area contributed by atoms with Crippen LogP contribution >= 0.6 is 22.7 Å². The Morgan fingerprint density at radius 1 is 1.08 bits per heavy atom. The van der Waals surface area contributed by atoms with Crippen LogP contribution in [0.1, 0.15) is 31.7 Å². The van der Waals surface area contributed by atoms with Crippen molar-refractivity contribution in [3.05, 3.63) is 68.0 Å². The molecular weight excluding hydrogens is 354 g/mol. The zero-order chi connectivity index (χ0) is 16.8. The molecule has 2 aliphatic heterocycles. The molecule has 1 amide bonds. The summed E-state index contributed by atoms with van der Waals surface area (Å²) < 4.78 is 10.8. The summed E-state index contributed by atoms with van der Waals surface area (Å²) in [5.41, 5.74) is 1.90. The third-order valence-electron chi connectivity index (χ3n) is 4.66. The quantitative estimate of drug-likeness (QED) is 0.675. The Bertz CT molecular complexity index is 932. The molecule has 0 aliphatic carbocycles. The predicted octanol–water partition coefficient (Wildman–Crippen LogP) is 4.33. The van der Waals surface area contributed by atoms with Gasteiger partial charge in [0.05, 0.1) is 6.04 Å². The molecule has 1 aromatic carbocycles. The minimum Gasteiger partial charge on any atom is -0.454 e. The maximum atomic E-state index is 13.3. The molecule has 0 saturated carbocycles. The number of nitrogens with zero attached hydrogens (tertiary/aromatic N) is 1. The van der Waals surface area contributed by atoms with E-state index in [0.717, 1.165) is 13.0 Å². The van der Waals surface area contributed by atoms with Crippen molar-refractivity contribution in [2.24, 2.45) is 0 Å². The summed E-state index contributed by atoms with van der Waals surface area (Å²) in [4.78, 5) is 17.8. The van der Waals surface area contributed by atoms with Gasteiger partial charge in [0.2, 0.25) is 6.79 Å². The lowest BCUT2D eigenvalue weighted by atomic mass is 9.97. The number of fused-ring (bicyclic) bond motifs is 2. The minimum absolute atomic E-state index is 0.00655. The summed E-state index contributed by atoms with van der Waals surface area (Å²) >= 11 is 3.48. The van der Waals surface area contributed by atoms with Gasteiger partial charge >= 0.3 is 0 Å². The number of rotatable bonds is 2. The summed E-state index contributed by atoms with van der Waals surface area (Å²) in [5.74, 6) is 1.38. The summed E-state index contributed by atoms with van der Waals surface area (Å²) in [6, 6.07) is 11.7. The van der Waals surface area contributed by atoms with Crippen molar-refractivity contribution in [3.8, 4) is 11.5 Å². The Labute approximate surface area is 153 Å². The van der Waals surface area contributed by atoms with Crippen LogP contribution in [-0.4, -0.2) is 24.1 Å². The first-order chi connectivity index (χ1) is 12.3. The van der Waals surface area contributed by atoms with Crippen LogP contribution in [-0.2, 0) is 6.42 Å². The topological polar surface area (TPSA) is 38.8 Å². The highest BCUT2D eigenvalue weighted by molar-refractivity contribution is 7.10. The number of amides is 1. The van der Waals surface area contributed by atoms with Crippen LogP contribution in [0.5, 0.6) is 11.5 Å². The molecule has 3 aromatic rings. The van der Waals surface area contributed by atoms with Crippen LogP contribution in [0.4, 0.5) is 0 Å². The minimum atomic E-state index is -0.00655. The third kappa shape index (κ3) is 2.44. The second-order valence-electron chi connectivity index (χ2n) is 6.03. The molecule has 126 valence electrons. The average molecular weight is 369 g/mol. The van der Waals surface area contributed by atoms with Gasteiger partial charge in [-0.05, 0) is 53.1 Å². The summed E-state index contributed by atoms with van der Waals surface area (Å²) in [5, 5.41) is 4.19. The number of hydrogen-bond donors (Lipinski definition) is 0. The largest absolute Gasteiger partial charge is 0.454 e. The first-order valence-corrected chi connectivity index (χ1v) is 9.87. The number of carbonyl (C=O) groups is 1. The molecule has 0 radical (unpaired) electrons. The molecule has 2 aromatic heterocycles. The molecule has 0 spiro atoms. The molecule has 0 unspecified atom stereocenters. The Morgan fingerprint density at radius 3 is 2.88 bits per heavy atom. The molecule has 0 saturated heterocycles. The van der Waals surface area contributed by atoms with E-state index in [1.807, 2.05) is 23.1 Å². The normalized spacial score (nSPS) is 18.2. The van der Waals surface area contributed by atoms with E-state index in [1.54, 1.807) is 28.7 Å². The van der Waals surface area contributed by atoms with Crippen molar-refractivity contribution in [3.63, 3.8) is 0 Å². The lowest BCUT2D eigenvalue weighted by Gasteiger charge is -2.35. The molecule has 0 fully saturated rings. The highest BCUT2D eigenvalue weighted by Gasteiger charge is 2.34. The smallest absolute Gasteiger partial charge is 0.254 e. The van der Waals surface area contributed by atoms with Crippen molar-refractivity contribution in [1.82, 2.24) is 4.90 Å². The highest BCUT2D eigenvalue weighted by Crippen LogP contribution is 2.41. The molecule has 1 atom stereocenters. The van der Waals surface area contributed by atoms with Crippen LogP contribution < -0.4 is 9.47 Å². The number of benzene rings is 1. The van der Waals surface area contributed by atoms with E-state index in [-0.39, 0.29) is 18.7 Å². The van der Waals surface area contributed by atoms with Gasteiger partial charge in [-0.2, -0.15) is 0 Å². The van der Waals surface area contributed by atoms with E-state index < -0.39 is 0 Å². The second-order valence-corrected chi connectivity index (χ2v) is 8.01. The van der Waals surface area contributed by atoms with Gasteiger partial charge in [0.1, 0.15) is 0 Å². The Balaban J connectivity index is 1.55. The lowest BCUT2D eigenvalue weighted by Crippen LogP contribution is -2.39. The van der Waals surface area contributed by atoms with Crippen LogP contribution in [0.3, 0.4) is 0 Å². The Kier molecular flexibility index (Phi) is 3.53.